The molecule has 2 atom stereocenters. The highest BCUT2D eigenvalue weighted by Crippen LogP contribution is 2.43. The average Bonchev–Trinajstić information content (AvgIpc) is 3.30. The third-order valence-corrected chi connectivity index (χ3v) is 4.75. The van der Waals surface area contributed by atoms with Gasteiger partial charge in [-0.25, -0.2) is 0 Å². The van der Waals surface area contributed by atoms with Crippen molar-refractivity contribution in [3.63, 3.8) is 0 Å². The van der Waals surface area contributed by atoms with E-state index < -0.39 is 0 Å². The van der Waals surface area contributed by atoms with Gasteiger partial charge in [-0.3, -0.25) is 10.1 Å². The Bertz CT molecular complexity index is 468. The van der Waals surface area contributed by atoms with Crippen LogP contribution < -0.4 is 5.32 Å². The minimum Gasteiger partial charge on any atom is -0.310 e. The lowest BCUT2D eigenvalue weighted by atomic mass is 9.82. The summed E-state index contributed by atoms with van der Waals surface area (Å²) in [5, 5.41) is 14.2. The van der Waals surface area contributed by atoms with E-state index in [-0.39, 0.29) is 10.6 Å². The molecule has 2 aliphatic carbocycles. The van der Waals surface area contributed by atoms with Crippen LogP contribution in [0.4, 0.5) is 5.69 Å². The van der Waals surface area contributed by atoms with E-state index >= 15 is 0 Å². The Labute approximate surface area is 119 Å². The van der Waals surface area contributed by atoms with E-state index in [2.05, 4.69) is 5.32 Å². The number of non-ortho nitro benzene ring substituents is 1. The molecule has 2 fully saturated rings. The van der Waals surface area contributed by atoms with Crippen LogP contribution >= 0.6 is 0 Å². The van der Waals surface area contributed by atoms with Crippen LogP contribution in [0.15, 0.2) is 24.3 Å². The third-order valence-electron chi connectivity index (χ3n) is 4.75. The molecule has 0 aromatic heterocycles. The first-order chi connectivity index (χ1) is 9.72. The number of nitrogens with zero attached hydrogens (tertiary/aromatic N) is 1. The molecule has 1 aromatic carbocycles. The molecule has 1 N–H and O–H groups in total. The molecule has 3 rings (SSSR count). The molecule has 20 heavy (non-hydrogen) atoms. The van der Waals surface area contributed by atoms with Crippen molar-refractivity contribution >= 4 is 5.69 Å². The monoisotopic (exact) mass is 274 g/mol. The Kier molecular flexibility index (Phi) is 4.01. The molecule has 2 unspecified atom stereocenters. The van der Waals surface area contributed by atoms with Crippen molar-refractivity contribution in [1.82, 2.24) is 5.32 Å². The minimum atomic E-state index is -0.349. The molecule has 0 spiro atoms. The first-order valence-corrected chi connectivity index (χ1v) is 7.69. The second-order valence-electron chi connectivity index (χ2n) is 6.27. The molecular weight excluding hydrogens is 252 g/mol. The summed E-state index contributed by atoms with van der Waals surface area (Å²) in [4.78, 5) is 10.3. The lowest BCUT2D eigenvalue weighted by Crippen LogP contribution is -2.34. The molecular formula is C16H22N2O2. The molecule has 0 amide bonds. The summed E-state index contributed by atoms with van der Waals surface area (Å²) in [7, 11) is 0. The first-order valence-electron chi connectivity index (χ1n) is 7.69. The van der Waals surface area contributed by atoms with Gasteiger partial charge in [-0.05, 0) is 43.1 Å². The number of benzene rings is 1. The van der Waals surface area contributed by atoms with E-state index in [9.17, 15) is 10.1 Å². The van der Waals surface area contributed by atoms with E-state index in [1.165, 1.54) is 38.5 Å². The summed E-state index contributed by atoms with van der Waals surface area (Å²) in [6.45, 7) is 0.819. The van der Waals surface area contributed by atoms with Gasteiger partial charge in [0.25, 0.3) is 5.69 Å². The van der Waals surface area contributed by atoms with Gasteiger partial charge in [0.05, 0.1) is 4.92 Å². The van der Waals surface area contributed by atoms with Crippen LogP contribution in [-0.4, -0.2) is 11.0 Å². The summed E-state index contributed by atoms with van der Waals surface area (Å²) >= 11 is 0. The zero-order chi connectivity index (χ0) is 13.9. The third kappa shape index (κ3) is 3.37. The predicted octanol–water partition coefficient (Wildman–Crippen LogP) is 3.65. The molecule has 0 heterocycles. The minimum absolute atomic E-state index is 0.167. The molecule has 0 aliphatic heterocycles. The van der Waals surface area contributed by atoms with Crippen molar-refractivity contribution < 1.29 is 4.92 Å². The zero-order valence-corrected chi connectivity index (χ0v) is 11.8. The molecule has 2 aliphatic rings. The van der Waals surface area contributed by atoms with Crippen molar-refractivity contribution in [1.29, 1.82) is 0 Å². The first kappa shape index (κ1) is 13.6. The fraction of sp³-hybridized carbons (Fsp3) is 0.625. The quantitative estimate of drug-likeness (QED) is 0.658. The van der Waals surface area contributed by atoms with Crippen molar-refractivity contribution in [2.24, 2.45) is 11.8 Å². The lowest BCUT2D eigenvalue weighted by Gasteiger charge is -2.30. The highest BCUT2D eigenvalue weighted by molar-refractivity contribution is 5.32. The normalized spacial score (nSPS) is 26.4. The van der Waals surface area contributed by atoms with Crippen LogP contribution in [0, 0.1) is 22.0 Å². The van der Waals surface area contributed by atoms with Crippen molar-refractivity contribution in [3.05, 3.63) is 39.9 Å². The Morgan fingerprint density at radius 2 is 1.85 bits per heavy atom. The molecule has 108 valence electrons. The van der Waals surface area contributed by atoms with Crippen LogP contribution in [0.3, 0.4) is 0 Å². The van der Waals surface area contributed by atoms with Gasteiger partial charge in [-0.2, -0.15) is 0 Å². The largest absolute Gasteiger partial charge is 0.310 e. The Balaban J connectivity index is 1.49. The molecule has 0 saturated heterocycles. The Morgan fingerprint density at radius 3 is 2.50 bits per heavy atom. The number of nitro groups is 1. The second kappa shape index (κ2) is 5.92. The number of rotatable bonds is 5. The highest BCUT2D eigenvalue weighted by atomic mass is 16.6. The van der Waals surface area contributed by atoms with Crippen LogP contribution in [-0.2, 0) is 6.54 Å². The van der Waals surface area contributed by atoms with Crippen LogP contribution in [0.2, 0.25) is 0 Å². The van der Waals surface area contributed by atoms with Crippen molar-refractivity contribution in [2.45, 2.75) is 51.1 Å². The number of nitro benzene ring substituents is 1. The summed E-state index contributed by atoms with van der Waals surface area (Å²) in [6.07, 6.45) is 8.24. The molecule has 0 radical (unpaired) electrons. The van der Waals surface area contributed by atoms with Gasteiger partial charge in [-0.15, -0.1) is 0 Å². The van der Waals surface area contributed by atoms with Crippen molar-refractivity contribution in [3.8, 4) is 0 Å². The average molecular weight is 274 g/mol. The summed E-state index contributed by atoms with van der Waals surface area (Å²) in [6, 6.07) is 7.51. The van der Waals surface area contributed by atoms with Gasteiger partial charge in [0.2, 0.25) is 0 Å². The van der Waals surface area contributed by atoms with E-state index in [0.29, 0.717) is 6.04 Å². The van der Waals surface area contributed by atoms with E-state index in [4.69, 9.17) is 0 Å². The van der Waals surface area contributed by atoms with E-state index in [0.717, 1.165) is 23.9 Å². The molecule has 4 nitrogen and oxygen atoms in total. The highest BCUT2D eigenvalue weighted by Gasteiger charge is 2.34. The van der Waals surface area contributed by atoms with Crippen LogP contribution in [0.25, 0.3) is 0 Å². The number of hydrogen-bond acceptors (Lipinski definition) is 3. The predicted molar refractivity (Wildman–Crippen MR) is 78.4 cm³/mol. The Hall–Kier alpha value is -1.42. The SMILES string of the molecule is O=[N+]([O-])c1ccc(CNC2CCCC(C3CC3)C2)cc1. The number of nitrogens with one attached hydrogen (secondary N) is 1. The lowest BCUT2D eigenvalue weighted by molar-refractivity contribution is -0.384. The van der Waals surface area contributed by atoms with Gasteiger partial charge < -0.3 is 5.32 Å². The van der Waals surface area contributed by atoms with Gasteiger partial charge in [0, 0.05) is 24.7 Å². The fourth-order valence-corrected chi connectivity index (χ4v) is 3.41. The van der Waals surface area contributed by atoms with E-state index in [1.807, 2.05) is 12.1 Å². The van der Waals surface area contributed by atoms with Crippen LogP contribution in [0.1, 0.15) is 44.1 Å². The van der Waals surface area contributed by atoms with Crippen molar-refractivity contribution in [2.75, 3.05) is 0 Å². The topological polar surface area (TPSA) is 55.2 Å². The maximum absolute atomic E-state index is 10.6. The van der Waals surface area contributed by atoms with Gasteiger partial charge in [0.15, 0.2) is 0 Å². The standard InChI is InChI=1S/C16H22N2O2/c19-18(20)16-8-4-12(5-9-16)11-17-15-3-1-2-14(10-15)13-6-7-13/h4-5,8-9,13-15,17H,1-3,6-7,10-11H2. The number of hydrogen-bond donors (Lipinski definition) is 1. The maximum atomic E-state index is 10.6. The summed E-state index contributed by atoms with van der Waals surface area (Å²) < 4.78 is 0. The Morgan fingerprint density at radius 1 is 1.10 bits per heavy atom. The smallest absolute Gasteiger partial charge is 0.269 e. The molecule has 2 saturated carbocycles. The fourth-order valence-electron chi connectivity index (χ4n) is 3.41. The molecule has 4 heteroatoms. The van der Waals surface area contributed by atoms with E-state index in [1.54, 1.807) is 12.1 Å². The summed E-state index contributed by atoms with van der Waals surface area (Å²) in [5.74, 6) is 1.96. The molecule has 0 bridgehead atoms. The van der Waals surface area contributed by atoms with Gasteiger partial charge >= 0.3 is 0 Å². The van der Waals surface area contributed by atoms with Crippen LogP contribution in [0.5, 0.6) is 0 Å². The maximum Gasteiger partial charge on any atom is 0.269 e. The summed E-state index contributed by atoms with van der Waals surface area (Å²) in [5.41, 5.74) is 1.30. The second-order valence-corrected chi connectivity index (χ2v) is 6.27. The molecule has 1 aromatic rings. The zero-order valence-electron chi connectivity index (χ0n) is 11.8. The van der Waals surface area contributed by atoms with Gasteiger partial charge in [-0.1, -0.05) is 25.0 Å². The van der Waals surface area contributed by atoms with Gasteiger partial charge in [0.1, 0.15) is 0 Å².